The molecule has 0 radical (unpaired) electrons. The number of esters is 2. The Hall–Kier alpha value is -11.9. The average molecular weight is 2090 g/mol. The van der Waals surface area contributed by atoms with Gasteiger partial charge < -0.3 is 124 Å². The number of aliphatic carboxylic acids is 4. The van der Waals surface area contributed by atoms with Gasteiger partial charge in [0.25, 0.3) is 0 Å². The predicted octanol–water partition coefficient (Wildman–Crippen LogP) is 2.14. The molecule has 5 atom stereocenters. The van der Waals surface area contributed by atoms with E-state index < -0.39 is 225 Å². The lowest BCUT2D eigenvalue weighted by Crippen LogP contribution is -2.50. The third kappa shape index (κ3) is 75.8. The van der Waals surface area contributed by atoms with Crippen molar-refractivity contribution in [3.05, 3.63) is 24.3 Å². The maximum atomic E-state index is 12.7. The van der Waals surface area contributed by atoms with Crippen LogP contribution in [-0.4, -0.2) is 349 Å². The molecule has 0 bridgehead atoms. The van der Waals surface area contributed by atoms with Crippen LogP contribution in [0, 0.1) is 0 Å². The van der Waals surface area contributed by atoms with Crippen molar-refractivity contribution in [2.24, 2.45) is 0 Å². The van der Waals surface area contributed by atoms with E-state index in [1.165, 1.54) is 96.8 Å². The average Bonchev–Trinajstić information content (AvgIpc) is 1.66. The molecule has 818 valence electrons. The first kappa shape index (κ1) is 132. The molecular formula is C93H158N17O32PS. The van der Waals surface area contributed by atoms with Crippen LogP contribution in [0.1, 0.15) is 260 Å². The summed E-state index contributed by atoms with van der Waals surface area (Å²) in [7, 11) is -4.49. The van der Waals surface area contributed by atoms with Gasteiger partial charge in [0.15, 0.2) is 6.10 Å². The van der Waals surface area contributed by atoms with Crippen LogP contribution in [0.2, 0.25) is 0 Å². The van der Waals surface area contributed by atoms with Crippen molar-refractivity contribution in [2.75, 3.05) is 150 Å². The van der Waals surface area contributed by atoms with Crippen molar-refractivity contribution in [1.29, 1.82) is 0 Å². The number of rotatable bonds is 81. The van der Waals surface area contributed by atoms with E-state index in [0.29, 0.717) is 59.8 Å². The number of carboxylic acid groups (broad SMARTS) is 4. The molecule has 2 unspecified atom stereocenters. The number of amides is 17. The van der Waals surface area contributed by atoms with E-state index >= 15 is 0 Å². The number of hydrogen-bond acceptors (Lipinski definition) is 28. The summed E-state index contributed by atoms with van der Waals surface area (Å²) in [6, 6.07) is -0.0566. The van der Waals surface area contributed by atoms with Crippen molar-refractivity contribution >= 4 is 150 Å². The molecule has 51 heteroatoms. The highest BCUT2D eigenvalue weighted by Crippen LogP contribution is 2.43. The third-order valence-electron chi connectivity index (χ3n) is 21.1. The Balaban J connectivity index is 0.00000234. The Bertz CT molecular complexity index is 4090. The molecule has 0 spiro atoms. The van der Waals surface area contributed by atoms with Crippen LogP contribution in [0.3, 0.4) is 0 Å². The van der Waals surface area contributed by atoms with Crippen LogP contribution < -0.4 is 69.1 Å². The van der Waals surface area contributed by atoms with Gasteiger partial charge in [-0.2, -0.15) is 11.8 Å². The molecule has 2 aliphatic rings. The van der Waals surface area contributed by atoms with E-state index in [0.717, 1.165) is 88.2 Å². The molecule has 2 rings (SSSR count). The van der Waals surface area contributed by atoms with Crippen molar-refractivity contribution in [3.8, 4) is 0 Å². The standard InChI is InChI=1S/C43H80NO9P.C36H54N12O17S.C14H24N4O6/c1-4-6-8-10-12-14-16-18-20-22-24-26-28-30-32-34-42(46)50-38-41(39-52-54(48,49)51-37-36-44-40(3)45)53-43(47)35-33-31-29-27-25-23-21-19-17-15-13-11-9-7-5-2;1-20(49)39-10-29(56)46(16-32(59)60)13-26(53)37-6-7-38-27(54)14-47(17-33(61)62)30(57)11-43-25(52)9-41-28(55)15-48(18-34(63)64)31(58)12-42-24(51)8-40-23(50)5-3-2-4-22-35-21(19-66-22)44-36(65)45-35;1-3-5-10(19)16-6-11(20)17-7-13(22)18(9-14(23)24)8-12(21)15-4-2/h18-21,41H,4-17,22-39H2,1-3H3,(H,44,45)(H,48,49);21-22,35H,2-19H2,1H3,(H,37,53)(H,38,54)(H,39,49)(H,40,50)(H,41,55)(H,42,51)(H,43,52)(H,59,60)(H,61,62)(H,63,64)(H2,44,45,65);3-9H2,1-2H3,(H,15,21)(H,16,19)(H,17,20)(H,23,24)/b20-18+,21-19+;;/t;21-,22-,35-;/m.0./s1. The molecule has 2 heterocycles. The van der Waals surface area contributed by atoms with Gasteiger partial charge in [0.1, 0.15) is 59.0 Å². The van der Waals surface area contributed by atoms with E-state index in [9.17, 15) is 125 Å². The van der Waals surface area contributed by atoms with Gasteiger partial charge in [-0.15, -0.1) is 0 Å². The minimum Gasteiger partial charge on any atom is -0.480 e. The molecule has 2 aliphatic heterocycles. The van der Waals surface area contributed by atoms with Crippen LogP contribution in [0.4, 0.5) is 4.79 Å². The molecule has 49 nitrogen and oxygen atoms in total. The fourth-order valence-electron chi connectivity index (χ4n) is 13.6. The monoisotopic (exact) mass is 2090 g/mol. The van der Waals surface area contributed by atoms with Crippen molar-refractivity contribution in [3.63, 3.8) is 0 Å². The summed E-state index contributed by atoms with van der Waals surface area (Å²) in [6.07, 6.45) is 41.9. The van der Waals surface area contributed by atoms with Crippen molar-refractivity contribution < 1.29 is 154 Å². The molecule has 144 heavy (non-hydrogen) atoms. The quantitative estimate of drug-likeness (QED) is 0.0136. The van der Waals surface area contributed by atoms with Crippen LogP contribution in [-0.2, 0) is 124 Å². The number of nitrogens with one attached hydrogen (secondary N) is 13. The summed E-state index contributed by atoms with van der Waals surface area (Å²) in [6.45, 7) is -1.09. The largest absolute Gasteiger partial charge is 0.480 e. The van der Waals surface area contributed by atoms with E-state index in [2.05, 4.69) is 107 Å². The Morgan fingerprint density at radius 3 is 1.12 bits per heavy atom. The first-order chi connectivity index (χ1) is 68.6. The van der Waals surface area contributed by atoms with Crippen molar-refractivity contribution in [1.82, 2.24) is 88.7 Å². The summed E-state index contributed by atoms with van der Waals surface area (Å²) in [4.78, 5) is 274. The fourth-order valence-corrected chi connectivity index (χ4v) is 15.9. The van der Waals surface area contributed by atoms with Crippen molar-refractivity contribution in [2.45, 2.75) is 283 Å². The normalized spacial score (nSPS) is 13.7. The Morgan fingerprint density at radius 1 is 0.375 bits per heavy atom. The van der Waals surface area contributed by atoms with Gasteiger partial charge in [-0.05, 0) is 90.4 Å². The number of thioether (sulfide) groups is 1. The summed E-state index contributed by atoms with van der Waals surface area (Å²) in [5.41, 5.74) is 0. The highest BCUT2D eigenvalue weighted by atomic mass is 32.2. The first-order valence-electron chi connectivity index (χ1n) is 49.5. The second kappa shape index (κ2) is 83.4. The van der Waals surface area contributed by atoms with Crippen LogP contribution in [0.15, 0.2) is 24.3 Å². The number of carboxylic acids is 4. The fraction of sp³-hybridized carbons (Fsp3) is 0.720. The number of carbonyl (C=O) groups is 22. The maximum absolute atomic E-state index is 12.7. The second-order valence-corrected chi connectivity index (χ2v) is 36.7. The minimum absolute atomic E-state index is 0.0333. The summed E-state index contributed by atoms with van der Waals surface area (Å²) < 4.78 is 33.1. The number of likely N-dealkylation sites (N-methyl/N-ethyl adjacent to an activating group) is 1. The van der Waals surface area contributed by atoms with Crippen LogP contribution in [0.25, 0.3) is 0 Å². The number of urea groups is 1. The maximum Gasteiger partial charge on any atom is 0.472 e. The van der Waals surface area contributed by atoms with E-state index in [-0.39, 0.29) is 93.8 Å². The molecule has 0 aromatic carbocycles. The molecule has 18 N–H and O–H groups in total. The van der Waals surface area contributed by atoms with E-state index in [4.69, 9.17) is 28.7 Å². The summed E-state index contributed by atoms with van der Waals surface area (Å²) >= 11 is 1.75. The SMILES string of the molecule is CC(=O)NCC(=O)N(CC(=O)O)CC(=O)NCCNC(=O)CN(CC(=O)O)C(=O)CNC(=O)CNC(=O)CN(CC(=O)O)C(=O)CNC(=O)CNC(=O)CCCC[C@@H]1SC[C@@H]2NC(=O)N[C@@H]21.CCCC(=O)NCC(=O)NCC(=O)N(CC(=O)O)CC(=O)NCC.CCCCCCCC/C=C/CCCCCCCC(=O)OCC(COP(=O)(O)OCCNC(C)=O)OC(=O)CCCCCCC/C=C/CCCCCCCC. The second-order valence-electron chi connectivity index (χ2n) is 34.0. The number of phosphoric ester groups is 1. The van der Waals surface area contributed by atoms with E-state index in [1.807, 2.05) is 6.92 Å². The Kier molecular flexibility index (Phi) is 76.5. The predicted molar refractivity (Wildman–Crippen MR) is 527 cm³/mol. The Morgan fingerprint density at radius 2 is 0.729 bits per heavy atom. The van der Waals surface area contributed by atoms with Gasteiger partial charge in [-0.3, -0.25) is 110 Å². The lowest BCUT2D eigenvalue weighted by molar-refractivity contribution is -0.161. The van der Waals surface area contributed by atoms with Gasteiger partial charge in [0.05, 0.1) is 71.1 Å². The molecule has 0 aliphatic carbocycles. The molecule has 17 amide bonds. The number of hydrogen-bond donors (Lipinski definition) is 18. The third-order valence-corrected chi connectivity index (χ3v) is 23.6. The number of nitrogens with zero attached hydrogens (tertiary/aromatic N) is 4. The lowest BCUT2D eigenvalue weighted by atomic mass is 10.0. The zero-order valence-corrected chi connectivity index (χ0v) is 86.0. The highest BCUT2D eigenvalue weighted by Gasteiger charge is 2.43. The van der Waals surface area contributed by atoms with Gasteiger partial charge >= 0.3 is 49.7 Å². The molecule has 0 aromatic rings. The Labute approximate surface area is 846 Å². The minimum atomic E-state index is -4.49. The van der Waals surface area contributed by atoms with Gasteiger partial charge in [0, 0.05) is 76.7 Å². The summed E-state index contributed by atoms with van der Waals surface area (Å²) in [5, 5.41) is 67.4. The van der Waals surface area contributed by atoms with Gasteiger partial charge in [0.2, 0.25) is 88.6 Å². The molecule has 2 saturated heterocycles. The first-order valence-corrected chi connectivity index (χ1v) is 52.0. The number of unbranched alkanes of at least 4 members (excludes halogenated alkanes) is 23. The lowest BCUT2D eigenvalue weighted by Gasteiger charge is -2.21. The molecule has 0 aromatic heterocycles. The van der Waals surface area contributed by atoms with E-state index in [1.54, 1.807) is 18.7 Å². The summed E-state index contributed by atoms with van der Waals surface area (Å²) in [5.74, 6) is -16.5. The van der Waals surface area contributed by atoms with Gasteiger partial charge in [-0.1, -0.05) is 154 Å². The van der Waals surface area contributed by atoms with Crippen LogP contribution in [0.5, 0.6) is 0 Å². The molecule has 2 fully saturated rings. The number of fused-ring (bicyclic) bond motifs is 1. The number of ether oxygens (including phenoxy) is 2. The van der Waals surface area contributed by atoms with Gasteiger partial charge in [-0.25, -0.2) is 9.36 Å². The zero-order chi connectivity index (χ0) is 108. The highest BCUT2D eigenvalue weighted by molar-refractivity contribution is 8.00. The number of allylic oxidation sites excluding steroid dienone is 4. The zero-order valence-electron chi connectivity index (χ0n) is 84.3. The smallest absolute Gasteiger partial charge is 0.472 e. The molecule has 0 saturated carbocycles. The number of phosphoric acid groups is 1. The molecular weight excluding hydrogens is 1930 g/mol. The topological polar surface area (TPSA) is 700 Å². The number of carbonyl (C=O) groups excluding carboxylic acids is 18. The van der Waals surface area contributed by atoms with Crippen LogP contribution >= 0.6 is 19.6 Å².